The number of phenols is 1. The van der Waals surface area contributed by atoms with Crippen LogP contribution >= 0.6 is 58.0 Å². The maximum Gasteiger partial charge on any atom is 0.258 e. The van der Waals surface area contributed by atoms with Gasteiger partial charge in [-0.05, 0) is 268 Å². The Bertz CT molecular complexity index is 6520. The average molecular weight is 2100 g/mol. The number of carbonyl (C=O) groups is 4. The lowest BCUT2D eigenvalue weighted by Crippen LogP contribution is -2.35. The van der Waals surface area contributed by atoms with Crippen LogP contribution in [-0.2, 0) is 40.1 Å². The number of aromatic hydroxyl groups is 1. The van der Waals surface area contributed by atoms with Crippen LogP contribution in [0.2, 0.25) is 25.1 Å². The molecule has 16 rings (SSSR count). The summed E-state index contributed by atoms with van der Waals surface area (Å²) in [5.74, 6) is -0.607. The van der Waals surface area contributed by atoms with E-state index < -0.39 is 57.8 Å². The van der Waals surface area contributed by atoms with Gasteiger partial charge in [0.2, 0.25) is 63.9 Å². The minimum Gasteiger partial charge on any atom is -0.508 e. The van der Waals surface area contributed by atoms with Crippen molar-refractivity contribution in [1.82, 2.24) is 77.9 Å². The van der Waals surface area contributed by atoms with E-state index in [2.05, 4.69) is 116 Å². The number of aromatic nitrogens is 8. The summed E-state index contributed by atoms with van der Waals surface area (Å²) in [5, 5.41) is 33.5. The normalized spacial score (nSPS) is 14.1. The van der Waals surface area contributed by atoms with E-state index in [9.17, 15) is 58.0 Å². The fraction of sp³-hybridized carbons (Fsp3) is 0.284. The quantitative estimate of drug-likeness (QED) is 0.0173. The predicted molar refractivity (Wildman–Crippen MR) is 549 cm³/mol. The van der Waals surface area contributed by atoms with Crippen molar-refractivity contribution in [3.05, 3.63) is 278 Å². The molecule has 12 N–H and O–H groups in total. The monoisotopic (exact) mass is 2090 g/mol. The summed E-state index contributed by atoms with van der Waals surface area (Å²) in [7, 11) is -12.7. The van der Waals surface area contributed by atoms with Crippen molar-refractivity contribution < 1.29 is 58.0 Å². The first-order chi connectivity index (χ1) is 67.7. The number of benzene rings is 8. The molecule has 46 heteroatoms. The van der Waals surface area contributed by atoms with Crippen LogP contribution < -0.4 is 56.7 Å². The second-order valence-corrected chi connectivity index (χ2v) is 42.3. The Hall–Kier alpha value is -12.1. The largest absolute Gasteiger partial charge is 0.508 e. The van der Waals surface area contributed by atoms with E-state index in [4.69, 9.17) is 58.0 Å². The molecular weight excluding hydrogens is 1990 g/mol. The Morgan fingerprint density at radius 2 is 0.589 bits per heavy atom. The van der Waals surface area contributed by atoms with Crippen LogP contribution in [0.3, 0.4) is 0 Å². The van der Waals surface area contributed by atoms with Gasteiger partial charge in [-0.3, -0.25) is 19.2 Å². The summed E-state index contributed by atoms with van der Waals surface area (Å²) >= 11 is 30.3. The molecule has 4 saturated heterocycles. The molecule has 8 aromatic carbocycles. The van der Waals surface area contributed by atoms with Gasteiger partial charge >= 0.3 is 0 Å². The van der Waals surface area contributed by atoms with Crippen molar-refractivity contribution in [3.63, 3.8) is 0 Å². The van der Waals surface area contributed by atoms with E-state index >= 15 is 0 Å². The summed E-state index contributed by atoms with van der Waals surface area (Å²) in [6.07, 6.45) is 20.9. The lowest BCUT2D eigenvalue weighted by atomic mass is 10.0. The molecule has 0 spiro atoms. The number of aryl methyl sites for hydroxylation is 2. The topological polar surface area (TPSA) is 477 Å². The van der Waals surface area contributed by atoms with Gasteiger partial charge in [-0.25, -0.2) is 87.7 Å². The highest BCUT2D eigenvalue weighted by molar-refractivity contribution is 7.90. The maximum absolute atomic E-state index is 12.9. The highest BCUT2D eigenvalue weighted by atomic mass is 35.5. The summed E-state index contributed by atoms with van der Waals surface area (Å²) in [6, 6.07) is 44.8. The Balaban J connectivity index is 0.000000158. The number of rotatable bonds is 36. The summed E-state index contributed by atoms with van der Waals surface area (Å²) < 4.78 is 110. The minimum atomic E-state index is -3.59. The molecule has 0 bridgehead atoms. The second-order valence-electron chi connectivity index (χ2n) is 32.9. The van der Waals surface area contributed by atoms with Crippen molar-refractivity contribution in [2.75, 3.05) is 154 Å². The van der Waals surface area contributed by atoms with Crippen molar-refractivity contribution in [3.8, 4) is 5.75 Å². The Morgan fingerprint density at radius 1 is 0.326 bits per heavy atom. The van der Waals surface area contributed by atoms with Crippen LogP contribution in [-0.4, -0.2) is 238 Å². The van der Waals surface area contributed by atoms with Gasteiger partial charge in [-0.2, -0.15) is 4.31 Å². The van der Waals surface area contributed by atoms with Crippen LogP contribution in [0.1, 0.15) is 104 Å². The van der Waals surface area contributed by atoms with Gasteiger partial charge in [0, 0.05) is 87.7 Å². The Morgan fingerprint density at radius 3 is 0.887 bits per heavy atom. The molecule has 4 amide bonds. The van der Waals surface area contributed by atoms with Crippen LogP contribution in [0.5, 0.6) is 5.75 Å². The standard InChI is InChI=1S/C25H30N6O3S.C24H26Cl2N6O3S.C23H24Cl2N6O3S.C23H25ClN6O4S/c1-18-6-5-7-19(2)23(18)24(32)29-21-16-26-25(27-17-21)30-20-8-10-22(11-9-20)35(33,34)28-12-15-31-13-3-4-14-31;1-31(13-14-32-11-2-3-12-32)36(34,35)19-9-7-17(8-10-19)30-24-27-15-18(16-28-24)29-23(33)22-20(25)5-4-6-21(22)26;24-19-4-3-5-20(25)21(19)22(32)29-17-14-26-23(27-15-17)30-16-6-8-18(9-7-16)35(33,34)28-10-13-31-11-1-2-12-31;24-21-8-5-18(31)13-20(21)22(32)28-17-14-25-23(26-15-17)29-16-3-6-19(7-4-16)35(33,34)27-9-12-30-10-1-2-11-30/h5-11,16-17,28H,3-4,12-15H2,1-2H3,(H,29,32)(H,26,27,30);4-10,15-16H,2-3,11-14H2,1H3,(H,29,33)(H,27,28,30);3-9,14-15,28H,1-2,10-13H2,(H,29,32)(H,26,27,30);3-8,13-15,27,31H,1-2,9-12H2,(H,28,32)(H,25,26,29). The van der Waals surface area contributed by atoms with Gasteiger partial charge in [0.1, 0.15) is 5.75 Å². The van der Waals surface area contributed by atoms with Crippen LogP contribution in [0.15, 0.2) is 239 Å². The molecule has 0 radical (unpaired) electrons. The molecule has 37 nitrogen and oxygen atoms in total. The number of anilines is 12. The van der Waals surface area contributed by atoms with Gasteiger partial charge in [-0.15, -0.1) is 0 Å². The molecule has 742 valence electrons. The smallest absolute Gasteiger partial charge is 0.258 e. The number of nitrogens with zero attached hydrogens (tertiary/aromatic N) is 13. The Kier molecular flexibility index (Phi) is 38.1. The molecule has 4 fully saturated rings. The fourth-order valence-corrected chi connectivity index (χ4v) is 20.7. The average Bonchev–Trinajstić information content (AvgIpc) is 0.927. The lowest BCUT2D eigenvalue weighted by Gasteiger charge is -2.21. The third-order valence-electron chi connectivity index (χ3n) is 22.7. The van der Waals surface area contributed by atoms with E-state index in [0.29, 0.717) is 96.3 Å². The number of phenolic OH excluding ortho intramolecular Hbond substituents is 1. The molecule has 4 aliphatic rings. The Labute approximate surface area is 843 Å². The molecular formula is C95H105Cl5N24O13S4. The minimum absolute atomic E-state index is 0.0768. The van der Waals surface area contributed by atoms with Crippen molar-refractivity contribution in [2.45, 2.75) is 84.8 Å². The van der Waals surface area contributed by atoms with Gasteiger partial charge in [0.05, 0.1) is 134 Å². The lowest BCUT2D eigenvalue weighted by molar-refractivity contribution is 0.101. The molecule has 12 aromatic rings. The molecule has 4 aromatic heterocycles. The van der Waals surface area contributed by atoms with E-state index in [1.165, 1.54) is 135 Å². The summed E-state index contributed by atoms with van der Waals surface area (Å²) in [5.41, 5.74) is 6.89. The van der Waals surface area contributed by atoms with Crippen molar-refractivity contribution >= 4 is 191 Å². The molecule has 0 atom stereocenters. The number of likely N-dealkylation sites (N-methyl/N-ethyl adjacent to an activating group) is 1. The number of carbonyl (C=O) groups excluding carboxylic acids is 4. The first-order valence-electron chi connectivity index (χ1n) is 45.0. The first kappa shape index (κ1) is 106. The number of nitrogens with one attached hydrogen (secondary N) is 11. The zero-order valence-electron chi connectivity index (χ0n) is 76.9. The van der Waals surface area contributed by atoms with E-state index in [-0.39, 0.29) is 90.9 Å². The van der Waals surface area contributed by atoms with E-state index in [1.54, 1.807) is 116 Å². The van der Waals surface area contributed by atoms with Gasteiger partial charge < -0.3 is 67.2 Å². The number of likely N-dealkylation sites (tertiary alicyclic amines) is 4. The molecule has 0 saturated carbocycles. The summed E-state index contributed by atoms with van der Waals surface area (Å²) in [6.45, 7) is 16.4. The van der Waals surface area contributed by atoms with E-state index in [1.807, 2.05) is 32.0 Å². The molecule has 0 aliphatic carbocycles. The van der Waals surface area contributed by atoms with Crippen LogP contribution in [0.25, 0.3) is 0 Å². The zero-order chi connectivity index (χ0) is 100. The number of sulfonamides is 4. The molecule has 8 heterocycles. The van der Waals surface area contributed by atoms with Crippen LogP contribution in [0.4, 0.5) is 69.3 Å². The predicted octanol–water partition coefficient (Wildman–Crippen LogP) is 15.3. The number of halogens is 5. The highest BCUT2D eigenvalue weighted by Crippen LogP contribution is 2.31. The highest BCUT2D eigenvalue weighted by Gasteiger charge is 2.27. The number of hydrogen-bond donors (Lipinski definition) is 12. The molecule has 0 unspecified atom stereocenters. The molecule has 4 aliphatic heterocycles. The third kappa shape index (κ3) is 31.2. The fourth-order valence-electron chi connectivity index (χ4n) is 15.1. The number of hydrogen-bond acceptors (Lipinski definition) is 29. The van der Waals surface area contributed by atoms with Gasteiger partial charge in [0.25, 0.3) is 23.6 Å². The van der Waals surface area contributed by atoms with Crippen molar-refractivity contribution in [2.24, 2.45) is 0 Å². The second kappa shape index (κ2) is 50.5. The third-order valence-corrected chi connectivity index (χ3v) is 30.6. The van der Waals surface area contributed by atoms with E-state index in [0.717, 1.165) is 89.4 Å². The zero-order valence-corrected chi connectivity index (χ0v) is 84.0. The molecule has 141 heavy (non-hydrogen) atoms. The van der Waals surface area contributed by atoms with Crippen LogP contribution in [0, 0.1) is 13.8 Å². The van der Waals surface area contributed by atoms with Crippen molar-refractivity contribution in [1.29, 1.82) is 0 Å². The van der Waals surface area contributed by atoms with Gasteiger partial charge in [0.15, 0.2) is 0 Å². The SMILES string of the molecule is CN(CCN1CCCC1)S(=O)(=O)c1ccc(Nc2ncc(NC(=O)c3c(Cl)cccc3Cl)cn2)cc1.Cc1cccc(C)c1C(=O)Nc1cnc(Nc2ccc(S(=O)(=O)NCCN3CCCC3)cc2)nc1.O=C(Nc1cnc(Nc2ccc(S(=O)(=O)NCCN3CCCC3)cc2)nc1)c1c(Cl)cccc1Cl.O=C(Nc1cnc(Nc2ccc(S(=O)(=O)NCCN3CCCC3)cc2)nc1)c1cc(O)ccc1Cl. The first-order valence-corrected chi connectivity index (χ1v) is 52.7. The summed E-state index contributed by atoms with van der Waals surface area (Å²) in [4.78, 5) is 93.3. The number of amides is 4. The van der Waals surface area contributed by atoms with Gasteiger partial charge in [-0.1, -0.05) is 88.3 Å². The maximum atomic E-state index is 12.9.